The number of anilines is 2. The third-order valence-corrected chi connectivity index (χ3v) is 3.84. The maximum Gasteiger partial charge on any atom is 0.420 e. The average Bonchev–Trinajstić information content (AvgIpc) is 2.84. The number of aromatic nitrogens is 1. The molecule has 0 fully saturated rings. The predicted molar refractivity (Wildman–Crippen MR) is 95.0 cm³/mol. The second-order valence-corrected chi connectivity index (χ2v) is 5.98. The molecule has 2 amide bonds. The number of fused-ring (bicyclic) bond motifs is 1. The van der Waals surface area contributed by atoms with Crippen molar-refractivity contribution in [3.63, 3.8) is 0 Å². The summed E-state index contributed by atoms with van der Waals surface area (Å²) in [7, 11) is 0. The Balaban J connectivity index is 1.82. The summed E-state index contributed by atoms with van der Waals surface area (Å²) in [6.45, 7) is 3.80. The third kappa shape index (κ3) is 3.14. The van der Waals surface area contributed by atoms with E-state index in [9.17, 15) is 9.59 Å². The minimum atomic E-state index is -0.437. The Kier molecular flexibility index (Phi) is 4.31. The van der Waals surface area contributed by atoms with Crippen LogP contribution in [0.5, 0.6) is 0 Å². The van der Waals surface area contributed by atoms with Crippen molar-refractivity contribution in [1.29, 1.82) is 0 Å². The quantitative estimate of drug-likeness (QED) is 0.735. The first-order valence-corrected chi connectivity index (χ1v) is 7.81. The van der Waals surface area contributed by atoms with E-state index >= 15 is 0 Å². The molecule has 0 aliphatic carbocycles. The highest BCUT2D eigenvalue weighted by Gasteiger charge is 2.13. The largest absolute Gasteiger partial charge is 0.420 e. The highest BCUT2D eigenvalue weighted by atomic mass is 35.5. The molecule has 0 saturated heterocycles. The fraction of sp³-hybridized carbons (Fsp3) is 0.176. The second kappa shape index (κ2) is 6.41. The van der Waals surface area contributed by atoms with Crippen molar-refractivity contribution in [2.75, 3.05) is 10.6 Å². The molecule has 0 spiro atoms. The number of nitrogens with one attached hydrogen (secondary N) is 2. The molecule has 0 bridgehead atoms. The van der Waals surface area contributed by atoms with Gasteiger partial charge in [0, 0.05) is 17.8 Å². The molecule has 0 aliphatic heterocycles. The smallest absolute Gasteiger partial charge is 0.408 e. The molecule has 0 radical (unpaired) electrons. The summed E-state index contributed by atoms with van der Waals surface area (Å²) < 4.78 is 6.79. The summed E-state index contributed by atoms with van der Waals surface area (Å²) in [6.07, 6.45) is 0. The van der Waals surface area contributed by atoms with Gasteiger partial charge in [-0.15, -0.1) is 0 Å². The van der Waals surface area contributed by atoms with E-state index in [1.165, 1.54) is 0 Å². The summed E-state index contributed by atoms with van der Waals surface area (Å²) in [5.74, 6) is -0.419. The first-order chi connectivity index (χ1) is 11.5. The van der Waals surface area contributed by atoms with Crippen molar-refractivity contribution in [2.45, 2.75) is 19.9 Å². The summed E-state index contributed by atoms with van der Waals surface area (Å²) >= 11 is 6.00. The zero-order chi connectivity index (χ0) is 17.3. The number of amides is 2. The average molecular weight is 346 g/mol. The number of oxazole rings is 1. The maximum atomic E-state index is 12.1. The zero-order valence-electron chi connectivity index (χ0n) is 13.2. The van der Waals surface area contributed by atoms with Crippen LogP contribution in [0.3, 0.4) is 0 Å². The molecule has 2 aromatic carbocycles. The van der Waals surface area contributed by atoms with E-state index in [-0.39, 0.29) is 6.04 Å². The number of hydrogen-bond donors (Lipinski definition) is 2. The van der Waals surface area contributed by atoms with Crippen LogP contribution in [0.1, 0.15) is 19.9 Å². The molecule has 24 heavy (non-hydrogen) atoms. The van der Waals surface area contributed by atoms with Crippen molar-refractivity contribution in [3.8, 4) is 0 Å². The molecule has 1 heterocycles. The van der Waals surface area contributed by atoms with Gasteiger partial charge in [-0.3, -0.25) is 4.57 Å². The Morgan fingerprint density at radius 1 is 1.17 bits per heavy atom. The van der Waals surface area contributed by atoms with Crippen LogP contribution < -0.4 is 16.4 Å². The van der Waals surface area contributed by atoms with Crippen LogP contribution in [0.4, 0.5) is 16.2 Å². The van der Waals surface area contributed by atoms with Gasteiger partial charge in [-0.1, -0.05) is 23.7 Å². The fourth-order valence-corrected chi connectivity index (χ4v) is 2.63. The number of rotatable bonds is 3. The summed E-state index contributed by atoms with van der Waals surface area (Å²) in [5, 5.41) is 5.80. The Hall–Kier alpha value is -2.73. The lowest BCUT2D eigenvalue weighted by Crippen LogP contribution is -2.19. The molecule has 7 heteroatoms. The maximum absolute atomic E-state index is 12.1. The molecule has 0 aliphatic rings. The van der Waals surface area contributed by atoms with E-state index in [1.54, 1.807) is 47.0 Å². The molecule has 0 atom stereocenters. The van der Waals surface area contributed by atoms with Crippen LogP contribution in [0.15, 0.2) is 51.7 Å². The molecule has 1 aromatic heterocycles. The van der Waals surface area contributed by atoms with Gasteiger partial charge in [0.25, 0.3) is 0 Å². The monoisotopic (exact) mass is 345 g/mol. The van der Waals surface area contributed by atoms with E-state index in [4.69, 9.17) is 16.0 Å². The first-order valence-electron chi connectivity index (χ1n) is 7.43. The molecule has 3 aromatic rings. The molecular weight excluding hydrogens is 330 g/mol. The van der Waals surface area contributed by atoms with Gasteiger partial charge < -0.3 is 15.1 Å². The van der Waals surface area contributed by atoms with E-state index in [0.29, 0.717) is 27.5 Å². The summed E-state index contributed by atoms with van der Waals surface area (Å²) in [6, 6.07) is 11.6. The molecule has 6 nitrogen and oxygen atoms in total. The van der Waals surface area contributed by atoms with Crippen molar-refractivity contribution >= 4 is 40.1 Å². The second-order valence-electron chi connectivity index (χ2n) is 5.57. The van der Waals surface area contributed by atoms with Gasteiger partial charge in [0.15, 0.2) is 5.58 Å². The normalized spacial score (nSPS) is 11.0. The lowest BCUT2D eigenvalue weighted by molar-refractivity contribution is 0.262. The lowest BCUT2D eigenvalue weighted by Gasteiger charge is -2.09. The van der Waals surface area contributed by atoms with Crippen molar-refractivity contribution in [1.82, 2.24) is 4.57 Å². The van der Waals surface area contributed by atoms with E-state index in [2.05, 4.69) is 10.6 Å². The van der Waals surface area contributed by atoms with Crippen molar-refractivity contribution in [2.24, 2.45) is 0 Å². The van der Waals surface area contributed by atoms with E-state index < -0.39 is 11.8 Å². The summed E-state index contributed by atoms with van der Waals surface area (Å²) in [4.78, 5) is 23.9. The molecular formula is C17H16ClN3O3. The van der Waals surface area contributed by atoms with Crippen molar-refractivity contribution in [3.05, 3.63) is 58.0 Å². The topological polar surface area (TPSA) is 76.3 Å². The Morgan fingerprint density at radius 2 is 1.92 bits per heavy atom. The highest BCUT2D eigenvalue weighted by molar-refractivity contribution is 6.33. The van der Waals surface area contributed by atoms with Crippen LogP contribution >= 0.6 is 11.6 Å². The number of para-hydroxylation sites is 1. The first kappa shape index (κ1) is 16.1. The Labute approximate surface area is 143 Å². The number of carbonyl (C=O) groups excluding carboxylic acids is 1. The predicted octanol–water partition coefficient (Wildman–Crippen LogP) is 4.47. The third-order valence-electron chi connectivity index (χ3n) is 3.51. The Morgan fingerprint density at radius 3 is 2.62 bits per heavy atom. The SMILES string of the molecule is CC(C)n1c(=O)oc2cc(NC(=O)Nc3ccccc3Cl)ccc21. The number of halogens is 1. The molecule has 0 saturated carbocycles. The van der Waals surface area contributed by atoms with Crippen LogP contribution in [0.2, 0.25) is 5.02 Å². The van der Waals surface area contributed by atoms with Gasteiger partial charge in [0.05, 0.1) is 16.2 Å². The molecule has 0 unspecified atom stereocenters. The molecule has 3 rings (SSSR count). The van der Waals surface area contributed by atoms with Crippen LogP contribution in [0.25, 0.3) is 11.1 Å². The van der Waals surface area contributed by atoms with Crippen LogP contribution in [0, 0.1) is 0 Å². The Bertz CT molecular complexity index is 959. The van der Waals surface area contributed by atoms with Crippen LogP contribution in [-0.4, -0.2) is 10.6 Å². The van der Waals surface area contributed by atoms with Gasteiger partial charge in [-0.05, 0) is 38.1 Å². The van der Waals surface area contributed by atoms with Gasteiger partial charge >= 0.3 is 11.8 Å². The zero-order valence-corrected chi connectivity index (χ0v) is 13.9. The minimum Gasteiger partial charge on any atom is -0.408 e. The lowest BCUT2D eigenvalue weighted by atomic mass is 10.2. The summed E-state index contributed by atoms with van der Waals surface area (Å²) in [5.41, 5.74) is 2.13. The van der Waals surface area contributed by atoms with E-state index in [1.807, 2.05) is 13.8 Å². The van der Waals surface area contributed by atoms with Gasteiger partial charge in [0.1, 0.15) is 0 Å². The number of benzene rings is 2. The number of urea groups is 1. The molecule has 2 N–H and O–H groups in total. The van der Waals surface area contributed by atoms with Gasteiger partial charge in [-0.25, -0.2) is 9.59 Å². The highest BCUT2D eigenvalue weighted by Crippen LogP contribution is 2.23. The van der Waals surface area contributed by atoms with Gasteiger partial charge in [-0.2, -0.15) is 0 Å². The number of nitrogens with zero attached hydrogens (tertiary/aromatic N) is 1. The van der Waals surface area contributed by atoms with Crippen LogP contribution in [-0.2, 0) is 0 Å². The minimum absolute atomic E-state index is 0.0129. The standard InChI is InChI=1S/C17H16ClN3O3/c1-10(2)21-14-8-7-11(9-15(14)24-17(21)23)19-16(22)20-13-6-4-3-5-12(13)18/h3-10H,1-2H3,(H2,19,20,22). The van der Waals surface area contributed by atoms with Crippen molar-refractivity contribution < 1.29 is 9.21 Å². The van der Waals surface area contributed by atoms with E-state index in [0.717, 1.165) is 0 Å². The number of hydrogen-bond acceptors (Lipinski definition) is 3. The fourth-order valence-electron chi connectivity index (χ4n) is 2.45. The molecule has 124 valence electrons. The van der Waals surface area contributed by atoms with Gasteiger partial charge in [0.2, 0.25) is 0 Å². The number of carbonyl (C=O) groups is 1.